The Balaban J connectivity index is 1.54. The van der Waals surface area contributed by atoms with E-state index < -0.39 is 0 Å². The first-order valence-corrected chi connectivity index (χ1v) is 9.00. The zero-order valence-corrected chi connectivity index (χ0v) is 14.7. The lowest BCUT2D eigenvalue weighted by Crippen LogP contribution is -2.35. The number of benzene rings is 2. The van der Waals surface area contributed by atoms with Crippen molar-refractivity contribution in [1.82, 2.24) is 4.90 Å². The average molecular weight is 339 g/mol. The van der Waals surface area contributed by atoms with Crippen molar-refractivity contribution in [3.63, 3.8) is 0 Å². The summed E-state index contributed by atoms with van der Waals surface area (Å²) in [5.41, 5.74) is 1.80. The molecule has 2 aromatic carbocycles. The number of piperidine rings is 1. The molecule has 25 heavy (non-hydrogen) atoms. The summed E-state index contributed by atoms with van der Waals surface area (Å²) in [6, 6.07) is 15.3. The fourth-order valence-electron chi connectivity index (χ4n) is 2.99. The molecule has 1 saturated heterocycles. The van der Waals surface area contributed by atoms with Crippen LogP contribution in [0.1, 0.15) is 42.1 Å². The molecule has 0 spiro atoms. The van der Waals surface area contributed by atoms with E-state index in [-0.39, 0.29) is 5.91 Å². The second-order valence-corrected chi connectivity index (χ2v) is 6.24. The highest BCUT2D eigenvalue weighted by atomic mass is 16.5. The van der Waals surface area contributed by atoms with Crippen LogP contribution < -0.4 is 9.47 Å². The third-order valence-corrected chi connectivity index (χ3v) is 4.38. The molecule has 2 aromatic rings. The largest absolute Gasteiger partial charge is 0.494 e. The van der Waals surface area contributed by atoms with Crippen LogP contribution in [0.25, 0.3) is 0 Å². The van der Waals surface area contributed by atoms with Gasteiger partial charge < -0.3 is 14.4 Å². The van der Waals surface area contributed by atoms with E-state index in [1.165, 1.54) is 6.42 Å². The fraction of sp³-hybridized carbons (Fsp3) is 0.381. The topological polar surface area (TPSA) is 38.8 Å². The van der Waals surface area contributed by atoms with Crippen LogP contribution in [-0.2, 0) is 6.61 Å². The summed E-state index contributed by atoms with van der Waals surface area (Å²) in [5, 5.41) is 0. The Morgan fingerprint density at radius 3 is 2.08 bits per heavy atom. The first-order valence-electron chi connectivity index (χ1n) is 9.00. The molecular weight excluding hydrogens is 314 g/mol. The quantitative estimate of drug-likeness (QED) is 0.788. The highest BCUT2D eigenvalue weighted by Crippen LogP contribution is 2.19. The number of rotatable bonds is 6. The van der Waals surface area contributed by atoms with Gasteiger partial charge in [0.15, 0.2) is 0 Å². The number of nitrogens with zero attached hydrogens (tertiary/aromatic N) is 1. The van der Waals surface area contributed by atoms with Crippen molar-refractivity contribution in [2.75, 3.05) is 19.7 Å². The maximum Gasteiger partial charge on any atom is 0.253 e. The minimum Gasteiger partial charge on any atom is -0.494 e. The summed E-state index contributed by atoms with van der Waals surface area (Å²) in [6.07, 6.45) is 3.45. The van der Waals surface area contributed by atoms with Crippen molar-refractivity contribution in [1.29, 1.82) is 0 Å². The molecule has 1 heterocycles. The standard InChI is InChI=1S/C21H25NO3/c1-2-24-19-10-12-20(13-11-19)25-16-17-6-8-18(9-7-17)21(23)22-14-4-3-5-15-22/h6-13H,2-5,14-16H2,1H3. The Labute approximate surface area is 149 Å². The van der Waals surface area contributed by atoms with Gasteiger partial charge in [-0.1, -0.05) is 12.1 Å². The smallest absolute Gasteiger partial charge is 0.253 e. The van der Waals surface area contributed by atoms with Gasteiger partial charge in [-0.25, -0.2) is 0 Å². The first-order chi connectivity index (χ1) is 12.3. The van der Waals surface area contributed by atoms with Gasteiger partial charge in [-0.3, -0.25) is 4.79 Å². The van der Waals surface area contributed by atoms with Crippen LogP contribution in [0.4, 0.5) is 0 Å². The first kappa shape index (κ1) is 17.3. The van der Waals surface area contributed by atoms with E-state index in [9.17, 15) is 4.79 Å². The predicted octanol–water partition coefficient (Wildman–Crippen LogP) is 4.29. The molecule has 1 amide bonds. The summed E-state index contributed by atoms with van der Waals surface area (Å²) in [6.45, 7) is 4.85. The number of amides is 1. The maximum absolute atomic E-state index is 12.5. The molecule has 0 N–H and O–H groups in total. The predicted molar refractivity (Wildman–Crippen MR) is 98.1 cm³/mol. The normalized spacial score (nSPS) is 14.2. The fourth-order valence-corrected chi connectivity index (χ4v) is 2.99. The Morgan fingerprint density at radius 2 is 1.48 bits per heavy atom. The van der Waals surface area contributed by atoms with Gasteiger partial charge in [0, 0.05) is 18.7 Å². The van der Waals surface area contributed by atoms with Crippen LogP contribution in [0.3, 0.4) is 0 Å². The van der Waals surface area contributed by atoms with Crippen molar-refractivity contribution in [2.24, 2.45) is 0 Å². The van der Waals surface area contributed by atoms with Crippen LogP contribution in [-0.4, -0.2) is 30.5 Å². The minimum atomic E-state index is 0.138. The molecule has 0 atom stereocenters. The van der Waals surface area contributed by atoms with E-state index >= 15 is 0 Å². The highest BCUT2D eigenvalue weighted by molar-refractivity contribution is 5.94. The van der Waals surface area contributed by atoms with Crippen molar-refractivity contribution in [3.8, 4) is 11.5 Å². The molecule has 1 aliphatic heterocycles. The van der Waals surface area contributed by atoms with Gasteiger partial charge in [0.25, 0.3) is 5.91 Å². The number of likely N-dealkylation sites (tertiary alicyclic amines) is 1. The molecule has 0 aromatic heterocycles. The number of ether oxygens (including phenoxy) is 2. The summed E-state index contributed by atoms with van der Waals surface area (Å²) in [5.74, 6) is 1.78. The van der Waals surface area contributed by atoms with Gasteiger partial charge in [-0.15, -0.1) is 0 Å². The Bertz CT molecular complexity index is 673. The molecule has 0 radical (unpaired) electrons. The van der Waals surface area contributed by atoms with E-state index in [0.29, 0.717) is 13.2 Å². The van der Waals surface area contributed by atoms with E-state index in [1.54, 1.807) is 0 Å². The van der Waals surface area contributed by atoms with Crippen LogP contribution in [0.2, 0.25) is 0 Å². The number of hydrogen-bond donors (Lipinski definition) is 0. The second-order valence-electron chi connectivity index (χ2n) is 6.24. The average Bonchev–Trinajstić information content (AvgIpc) is 2.68. The minimum absolute atomic E-state index is 0.138. The monoisotopic (exact) mass is 339 g/mol. The van der Waals surface area contributed by atoms with Gasteiger partial charge >= 0.3 is 0 Å². The van der Waals surface area contributed by atoms with Crippen LogP contribution in [0, 0.1) is 0 Å². The Kier molecular flexibility index (Phi) is 5.94. The summed E-state index contributed by atoms with van der Waals surface area (Å²) >= 11 is 0. The lowest BCUT2D eigenvalue weighted by molar-refractivity contribution is 0.0724. The van der Waals surface area contributed by atoms with Gasteiger partial charge in [-0.2, -0.15) is 0 Å². The molecule has 4 heteroatoms. The summed E-state index contributed by atoms with van der Waals surface area (Å²) in [7, 11) is 0. The van der Waals surface area contributed by atoms with Crippen molar-refractivity contribution in [2.45, 2.75) is 32.8 Å². The van der Waals surface area contributed by atoms with Gasteiger partial charge in [0.05, 0.1) is 6.61 Å². The second kappa shape index (κ2) is 8.56. The van der Waals surface area contributed by atoms with Gasteiger partial charge in [0.2, 0.25) is 0 Å². The molecule has 1 fully saturated rings. The highest BCUT2D eigenvalue weighted by Gasteiger charge is 2.17. The third kappa shape index (κ3) is 4.75. The summed E-state index contributed by atoms with van der Waals surface area (Å²) in [4.78, 5) is 14.4. The van der Waals surface area contributed by atoms with Crippen LogP contribution in [0.5, 0.6) is 11.5 Å². The van der Waals surface area contributed by atoms with E-state index in [1.807, 2.05) is 60.4 Å². The molecule has 0 aliphatic carbocycles. The zero-order chi connectivity index (χ0) is 17.5. The molecule has 4 nitrogen and oxygen atoms in total. The third-order valence-electron chi connectivity index (χ3n) is 4.38. The number of carbonyl (C=O) groups is 1. The lowest BCUT2D eigenvalue weighted by Gasteiger charge is -2.26. The number of hydrogen-bond acceptors (Lipinski definition) is 3. The molecular formula is C21H25NO3. The van der Waals surface area contributed by atoms with Crippen molar-refractivity contribution < 1.29 is 14.3 Å². The zero-order valence-electron chi connectivity index (χ0n) is 14.7. The van der Waals surface area contributed by atoms with Crippen molar-refractivity contribution in [3.05, 3.63) is 59.7 Å². The Hall–Kier alpha value is -2.49. The summed E-state index contributed by atoms with van der Waals surface area (Å²) < 4.78 is 11.2. The van der Waals surface area contributed by atoms with E-state index in [2.05, 4.69) is 0 Å². The number of carbonyl (C=O) groups excluding carboxylic acids is 1. The van der Waals surface area contributed by atoms with Gasteiger partial charge in [-0.05, 0) is 68.1 Å². The molecule has 3 rings (SSSR count). The maximum atomic E-state index is 12.5. The van der Waals surface area contributed by atoms with Crippen LogP contribution in [0.15, 0.2) is 48.5 Å². The molecule has 0 saturated carbocycles. The van der Waals surface area contributed by atoms with Crippen molar-refractivity contribution >= 4 is 5.91 Å². The molecule has 0 bridgehead atoms. The van der Waals surface area contributed by atoms with E-state index in [4.69, 9.17) is 9.47 Å². The van der Waals surface area contributed by atoms with E-state index in [0.717, 1.165) is 48.6 Å². The van der Waals surface area contributed by atoms with Crippen LogP contribution >= 0.6 is 0 Å². The molecule has 1 aliphatic rings. The molecule has 132 valence electrons. The Morgan fingerprint density at radius 1 is 0.880 bits per heavy atom. The molecule has 0 unspecified atom stereocenters. The van der Waals surface area contributed by atoms with Gasteiger partial charge in [0.1, 0.15) is 18.1 Å². The lowest BCUT2D eigenvalue weighted by atomic mass is 10.1. The SMILES string of the molecule is CCOc1ccc(OCc2ccc(C(=O)N3CCCCC3)cc2)cc1.